The van der Waals surface area contributed by atoms with Crippen LogP contribution in [-0.4, -0.2) is 51.8 Å². The predicted octanol–water partition coefficient (Wildman–Crippen LogP) is 4.73. The van der Waals surface area contributed by atoms with Crippen LogP contribution in [0.2, 0.25) is 5.15 Å². The topological polar surface area (TPSA) is 124 Å². The number of aromatic nitrogens is 3. The number of carbonyl (C=O) groups is 1. The molecule has 186 valence electrons. The summed E-state index contributed by atoms with van der Waals surface area (Å²) in [6.45, 7) is 7.48. The Morgan fingerprint density at radius 3 is 2.75 bits per heavy atom. The van der Waals surface area contributed by atoms with Crippen molar-refractivity contribution in [3.8, 4) is 6.07 Å². The summed E-state index contributed by atoms with van der Waals surface area (Å²) in [5.74, 6) is -0.605. The summed E-state index contributed by atoms with van der Waals surface area (Å²) in [5, 5.41) is 22.9. The number of carboxylic acids is 1. The average Bonchev–Trinajstić information content (AvgIpc) is 3.26. The van der Waals surface area contributed by atoms with Crippen molar-refractivity contribution in [1.29, 1.82) is 5.26 Å². The smallest absolute Gasteiger partial charge is 0.356 e. The van der Waals surface area contributed by atoms with Crippen molar-refractivity contribution >= 4 is 40.1 Å². The van der Waals surface area contributed by atoms with Crippen LogP contribution in [0.1, 0.15) is 60.0 Å². The molecule has 1 aliphatic carbocycles. The number of hydrogen-bond acceptors (Lipinski definition) is 8. The zero-order chi connectivity index (χ0) is 25.8. The Morgan fingerprint density at radius 1 is 1.33 bits per heavy atom. The minimum atomic E-state index is -1.17. The average molecular weight is 507 g/mol. The second-order valence-corrected chi connectivity index (χ2v) is 10.7. The monoisotopic (exact) mass is 506 g/mol. The first kappa shape index (κ1) is 24.2. The number of aryl methyl sites for hydroxylation is 1. The molecule has 9 nitrogen and oxygen atoms in total. The molecule has 2 saturated heterocycles. The van der Waals surface area contributed by atoms with E-state index in [1.54, 1.807) is 19.2 Å². The van der Waals surface area contributed by atoms with Gasteiger partial charge in [-0.3, -0.25) is 0 Å². The molecule has 4 heterocycles. The molecule has 2 N–H and O–H groups in total. The molecule has 2 aliphatic heterocycles. The van der Waals surface area contributed by atoms with Crippen LogP contribution in [0.25, 0.3) is 11.0 Å². The summed E-state index contributed by atoms with van der Waals surface area (Å²) in [6, 6.07) is 8.98. The van der Waals surface area contributed by atoms with Crippen LogP contribution in [-0.2, 0) is 4.74 Å². The normalized spacial score (nSPS) is 23.3. The van der Waals surface area contributed by atoms with Gasteiger partial charge in [-0.05, 0) is 55.9 Å². The second kappa shape index (κ2) is 8.57. The molecule has 36 heavy (non-hydrogen) atoms. The van der Waals surface area contributed by atoms with Gasteiger partial charge < -0.3 is 20.1 Å². The van der Waals surface area contributed by atoms with Crippen LogP contribution in [0.15, 0.2) is 24.3 Å². The number of pyridine rings is 1. The van der Waals surface area contributed by atoms with E-state index in [1.165, 1.54) is 0 Å². The van der Waals surface area contributed by atoms with Crippen molar-refractivity contribution < 1.29 is 14.6 Å². The van der Waals surface area contributed by atoms with Gasteiger partial charge in [-0.15, -0.1) is 0 Å². The van der Waals surface area contributed by atoms with Crippen LogP contribution in [0.5, 0.6) is 0 Å². The number of rotatable bonds is 7. The first-order chi connectivity index (χ1) is 17.1. The van der Waals surface area contributed by atoms with E-state index in [1.807, 2.05) is 26.0 Å². The number of ether oxygens (including phenoxy) is 1. The Bertz CT molecular complexity index is 1430. The van der Waals surface area contributed by atoms with E-state index < -0.39 is 5.97 Å². The second-order valence-electron chi connectivity index (χ2n) is 10.3. The van der Waals surface area contributed by atoms with Crippen molar-refractivity contribution in [3.63, 3.8) is 0 Å². The fourth-order valence-electron chi connectivity index (χ4n) is 6.08. The van der Waals surface area contributed by atoms with E-state index in [2.05, 4.69) is 28.2 Å². The zero-order valence-electron chi connectivity index (χ0n) is 20.6. The van der Waals surface area contributed by atoms with E-state index in [-0.39, 0.29) is 27.8 Å². The number of methoxy groups -OCH3 is 1. The molecule has 2 aromatic heterocycles. The minimum absolute atomic E-state index is 0.105. The van der Waals surface area contributed by atoms with Gasteiger partial charge in [-0.1, -0.05) is 24.6 Å². The lowest BCUT2D eigenvalue weighted by Crippen LogP contribution is -2.52. The highest BCUT2D eigenvalue weighted by Crippen LogP contribution is 2.60. The van der Waals surface area contributed by atoms with Gasteiger partial charge in [0.25, 0.3) is 0 Å². The standard InChI is InChI=1S/C26H27ClN6O3/c1-14-7-16(15(2)29-17-5-6-20(27)31-22(17)24(34)35)21-18(8-14)30-19(9-28)23(32-21)33-12-25(3)10-26(33,11-25)13-36-4/h5-8,15,29H,10-13H2,1-4H3,(H,34,35)/t15-,25?,26?/m0/s1. The number of hydrogen-bond donors (Lipinski definition) is 2. The fourth-order valence-corrected chi connectivity index (χ4v) is 6.23. The van der Waals surface area contributed by atoms with Gasteiger partial charge >= 0.3 is 5.97 Å². The van der Waals surface area contributed by atoms with Crippen LogP contribution >= 0.6 is 11.6 Å². The molecule has 6 rings (SSSR count). The maximum absolute atomic E-state index is 11.7. The molecule has 3 aliphatic rings. The molecule has 1 saturated carbocycles. The van der Waals surface area contributed by atoms with Gasteiger partial charge in [-0.25, -0.2) is 19.7 Å². The van der Waals surface area contributed by atoms with Gasteiger partial charge in [0.1, 0.15) is 11.2 Å². The van der Waals surface area contributed by atoms with Crippen LogP contribution < -0.4 is 10.2 Å². The molecule has 10 heteroatoms. The molecule has 1 aromatic carbocycles. The minimum Gasteiger partial charge on any atom is -0.476 e. The highest BCUT2D eigenvalue weighted by molar-refractivity contribution is 6.29. The largest absolute Gasteiger partial charge is 0.476 e. The number of carboxylic acid groups (broad SMARTS) is 1. The number of anilines is 2. The number of nitriles is 1. The summed E-state index contributed by atoms with van der Waals surface area (Å²) in [6.07, 6.45) is 1.97. The lowest BCUT2D eigenvalue weighted by Gasteiger charge is -2.46. The third kappa shape index (κ3) is 3.91. The SMILES string of the molecule is COCC12CC(C)(CN1c1nc3c([C@H](C)Nc4ccc(Cl)nc4C(=O)O)cc(C)cc3nc1C#N)C2. The third-order valence-corrected chi connectivity index (χ3v) is 7.44. The van der Waals surface area contributed by atoms with Gasteiger partial charge in [0, 0.05) is 19.2 Å². The number of nitrogens with one attached hydrogen (secondary N) is 1. The Hall–Kier alpha value is -3.48. The van der Waals surface area contributed by atoms with E-state index in [4.69, 9.17) is 26.3 Å². The molecule has 2 bridgehead atoms. The zero-order valence-corrected chi connectivity index (χ0v) is 21.3. The lowest BCUT2D eigenvalue weighted by molar-refractivity contribution is 0.0500. The van der Waals surface area contributed by atoms with Crippen LogP contribution in [0, 0.1) is 23.7 Å². The highest BCUT2D eigenvalue weighted by Gasteiger charge is 2.63. The van der Waals surface area contributed by atoms with Crippen molar-refractivity contribution in [1.82, 2.24) is 15.0 Å². The molecular weight excluding hydrogens is 480 g/mol. The molecule has 0 amide bonds. The van der Waals surface area contributed by atoms with Gasteiger partial charge in [0.05, 0.1) is 34.9 Å². The van der Waals surface area contributed by atoms with Gasteiger partial charge in [-0.2, -0.15) is 5.26 Å². The van der Waals surface area contributed by atoms with Crippen molar-refractivity contribution in [2.45, 2.75) is 45.2 Å². The maximum atomic E-state index is 11.7. The number of halogens is 1. The van der Waals surface area contributed by atoms with E-state index in [9.17, 15) is 15.2 Å². The van der Waals surface area contributed by atoms with Crippen LogP contribution in [0.3, 0.4) is 0 Å². The molecule has 0 radical (unpaired) electrons. The Labute approximate surface area is 214 Å². The summed E-state index contributed by atoms with van der Waals surface area (Å²) in [5.41, 5.74) is 3.55. The molecule has 3 fully saturated rings. The first-order valence-electron chi connectivity index (χ1n) is 11.7. The molecule has 0 unspecified atom stereocenters. The maximum Gasteiger partial charge on any atom is 0.356 e. The molecular formula is C26H27ClN6O3. The number of nitrogens with zero attached hydrogens (tertiary/aromatic N) is 5. The third-order valence-electron chi connectivity index (χ3n) is 7.23. The van der Waals surface area contributed by atoms with Crippen molar-refractivity contribution in [2.75, 3.05) is 30.5 Å². The summed E-state index contributed by atoms with van der Waals surface area (Å²) < 4.78 is 5.56. The number of fused-ring (bicyclic) bond motifs is 2. The fraction of sp³-hybridized carbons (Fsp3) is 0.423. The van der Waals surface area contributed by atoms with E-state index >= 15 is 0 Å². The first-order valence-corrected chi connectivity index (χ1v) is 12.1. The van der Waals surface area contributed by atoms with Gasteiger partial charge in [0.2, 0.25) is 0 Å². The summed E-state index contributed by atoms with van der Waals surface area (Å²) in [4.78, 5) is 27.6. The molecule has 0 spiro atoms. The quantitative estimate of drug-likeness (QED) is 0.437. The van der Waals surface area contributed by atoms with Crippen molar-refractivity contribution in [2.24, 2.45) is 5.41 Å². The predicted molar refractivity (Wildman–Crippen MR) is 137 cm³/mol. The number of benzene rings is 1. The summed E-state index contributed by atoms with van der Waals surface area (Å²) >= 11 is 5.92. The van der Waals surface area contributed by atoms with Crippen molar-refractivity contribution in [3.05, 3.63) is 51.9 Å². The lowest BCUT2D eigenvalue weighted by atomic mass is 9.63. The Kier molecular flexibility index (Phi) is 5.77. The highest BCUT2D eigenvalue weighted by atomic mass is 35.5. The molecule has 1 atom stereocenters. The van der Waals surface area contributed by atoms with E-state index in [0.29, 0.717) is 34.8 Å². The number of aromatic carboxylic acids is 1. The van der Waals surface area contributed by atoms with Crippen LogP contribution in [0.4, 0.5) is 11.5 Å². The Balaban J connectivity index is 1.61. The Morgan fingerprint density at radius 2 is 2.08 bits per heavy atom. The molecule has 3 aromatic rings. The van der Waals surface area contributed by atoms with E-state index in [0.717, 1.165) is 30.5 Å². The van der Waals surface area contributed by atoms with Gasteiger partial charge in [0.15, 0.2) is 17.2 Å². The summed E-state index contributed by atoms with van der Waals surface area (Å²) in [7, 11) is 1.70.